The van der Waals surface area contributed by atoms with Gasteiger partial charge in [0.2, 0.25) is 0 Å². The van der Waals surface area contributed by atoms with Gasteiger partial charge < -0.3 is 10.3 Å². The van der Waals surface area contributed by atoms with Crippen LogP contribution in [0.25, 0.3) is 5.69 Å². The predicted molar refractivity (Wildman–Crippen MR) is 74.0 cm³/mol. The van der Waals surface area contributed by atoms with Crippen molar-refractivity contribution < 1.29 is 0 Å². The number of pyridine rings is 1. The molecule has 2 aromatic rings. The van der Waals surface area contributed by atoms with Crippen molar-refractivity contribution in [1.82, 2.24) is 4.57 Å². The average molecular weight is 242 g/mol. The van der Waals surface area contributed by atoms with E-state index < -0.39 is 5.54 Å². The number of aryl methyl sites for hydroxylation is 1. The van der Waals surface area contributed by atoms with Gasteiger partial charge in [-0.05, 0) is 32.9 Å². The van der Waals surface area contributed by atoms with Crippen LogP contribution in [0.2, 0.25) is 0 Å². The molecule has 1 aromatic heterocycles. The monoisotopic (exact) mass is 242 g/mol. The van der Waals surface area contributed by atoms with Crippen molar-refractivity contribution in [2.75, 3.05) is 0 Å². The summed E-state index contributed by atoms with van der Waals surface area (Å²) in [5.41, 5.74) is 7.95. The molecule has 0 amide bonds. The molecule has 0 radical (unpaired) electrons. The van der Waals surface area contributed by atoms with Crippen molar-refractivity contribution >= 4 is 0 Å². The highest BCUT2D eigenvalue weighted by molar-refractivity contribution is 5.36. The highest BCUT2D eigenvalue weighted by Crippen LogP contribution is 2.16. The largest absolute Gasteiger partial charge is 0.322 e. The summed E-state index contributed by atoms with van der Waals surface area (Å²) in [5, 5.41) is 0. The van der Waals surface area contributed by atoms with E-state index in [-0.39, 0.29) is 5.43 Å². The third kappa shape index (κ3) is 2.36. The predicted octanol–water partition coefficient (Wildman–Crippen LogP) is 2.34. The molecule has 0 unspecified atom stereocenters. The molecule has 0 aliphatic heterocycles. The molecule has 0 aliphatic carbocycles. The minimum absolute atomic E-state index is 0.00724. The average Bonchev–Trinajstić information content (AvgIpc) is 2.28. The third-order valence-electron chi connectivity index (χ3n) is 2.97. The maximum Gasteiger partial charge on any atom is 0.186 e. The van der Waals surface area contributed by atoms with Gasteiger partial charge in [-0.1, -0.05) is 18.2 Å². The number of aromatic nitrogens is 1. The number of para-hydroxylation sites is 1. The second-order valence-electron chi connectivity index (χ2n) is 5.12. The summed E-state index contributed by atoms with van der Waals surface area (Å²) >= 11 is 0. The Morgan fingerprint density at radius 1 is 1.17 bits per heavy atom. The van der Waals surface area contributed by atoms with E-state index in [0.29, 0.717) is 5.56 Å². The summed E-state index contributed by atoms with van der Waals surface area (Å²) < 4.78 is 1.99. The quantitative estimate of drug-likeness (QED) is 0.878. The number of nitrogens with two attached hydrogens (primary N) is 1. The molecule has 3 nitrogen and oxygen atoms in total. The molecule has 0 saturated carbocycles. The van der Waals surface area contributed by atoms with Gasteiger partial charge in [-0.25, -0.2) is 0 Å². The van der Waals surface area contributed by atoms with Crippen LogP contribution < -0.4 is 11.2 Å². The van der Waals surface area contributed by atoms with Crippen LogP contribution in [0.15, 0.2) is 47.4 Å². The SMILES string of the molecule is Cc1cc(=O)c(C(C)(C)N)cn1-c1ccccc1. The first-order valence-corrected chi connectivity index (χ1v) is 5.97. The van der Waals surface area contributed by atoms with E-state index in [1.165, 1.54) is 0 Å². The van der Waals surface area contributed by atoms with Crippen LogP contribution in [0.1, 0.15) is 25.1 Å². The van der Waals surface area contributed by atoms with Gasteiger partial charge in [0, 0.05) is 34.7 Å². The number of hydrogen-bond acceptors (Lipinski definition) is 2. The lowest BCUT2D eigenvalue weighted by molar-refractivity contribution is 0.544. The van der Waals surface area contributed by atoms with Crippen LogP contribution in [-0.4, -0.2) is 4.57 Å². The number of hydrogen-bond donors (Lipinski definition) is 1. The summed E-state index contributed by atoms with van der Waals surface area (Å²) in [4.78, 5) is 12.0. The molecule has 1 aromatic carbocycles. The van der Waals surface area contributed by atoms with Crippen LogP contribution in [0.4, 0.5) is 0 Å². The van der Waals surface area contributed by atoms with Crippen LogP contribution in [0.3, 0.4) is 0 Å². The molecule has 0 atom stereocenters. The molecule has 2 N–H and O–H groups in total. The molecule has 0 spiro atoms. The lowest BCUT2D eigenvalue weighted by atomic mass is 9.96. The fourth-order valence-electron chi connectivity index (χ4n) is 1.98. The smallest absolute Gasteiger partial charge is 0.186 e. The molecule has 0 saturated heterocycles. The summed E-state index contributed by atoms with van der Waals surface area (Å²) in [7, 11) is 0. The molecule has 18 heavy (non-hydrogen) atoms. The molecule has 3 heteroatoms. The van der Waals surface area contributed by atoms with Crippen molar-refractivity contribution in [1.29, 1.82) is 0 Å². The number of nitrogens with zero attached hydrogens (tertiary/aromatic N) is 1. The minimum Gasteiger partial charge on any atom is -0.322 e. The standard InChI is InChI=1S/C15H18N2O/c1-11-9-14(18)13(15(2,3)16)10-17(11)12-7-5-4-6-8-12/h4-10H,16H2,1-3H3. The van der Waals surface area contributed by atoms with Gasteiger partial charge >= 0.3 is 0 Å². The van der Waals surface area contributed by atoms with Gasteiger partial charge in [-0.2, -0.15) is 0 Å². The summed E-state index contributed by atoms with van der Waals surface area (Å²) in [6.07, 6.45) is 1.84. The van der Waals surface area contributed by atoms with Crippen molar-refractivity contribution in [2.45, 2.75) is 26.3 Å². The lowest BCUT2D eigenvalue weighted by Gasteiger charge is -2.21. The number of rotatable bonds is 2. The molecular weight excluding hydrogens is 224 g/mol. The topological polar surface area (TPSA) is 48.0 Å². The Balaban J connectivity index is 2.67. The molecule has 0 fully saturated rings. The van der Waals surface area contributed by atoms with Crippen LogP contribution in [0, 0.1) is 6.92 Å². The van der Waals surface area contributed by atoms with Crippen molar-refractivity contribution in [3.63, 3.8) is 0 Å². The maximum atomic E-state index is 12.0. The molecule has 2 rings (SSSR count). The zero-order chi connectivity index (χ0) is 13.3. The van der Waals surface area contributed by atoms with Crippen LogP contribution >= 0.6 is 0 Å². The highest BCUT2D eigenvalue weighted by atomic mass is 16.1. The van der Waals surface area contributed by atoms with Crippen molar-refractivity contribution in [3.8, 4) is 5.69 Å². The Kier molecular flexibility index (Phi) is 3.09. The fraction of sp³-hybridized carbons (Fsp3) is 0.267. The molecule has 94 valence electrons. The van der Waals surface area contributed by atoms with Gasteiger partial charge in [-0.15, -0.1) is 0 Å². The van der Waals surface area contributed by atoms with Crippen LogP contribution in [0.5, 0.6) is 0 Å². The van der Waals surface area contributed by atoms with Gasteiger partial charge in [0.05, 0.1) is 0 Å². The lowest BCUT2D eigenvalue weighted by Crippen LogP contribution is -2.35. The summed E-state index contributed by atoms with van der Waals surface area (Å²) in [6.45, 7) is 5.60. The second kappa shape index (κ2) is 4.42. The molecule has 1 heterocycles. The molecule has 0 bridgehead atoms. The number of benzene rings is 1. The Labute approximate surface area is 107 Å². The Morgan fingerprint density at radius 3 is 2.33 bits per heavy atom. The van der Waals surface area contributed by atoms with E-state index in [1.807, 2.05) is 61.9 Å². The molecule has 0 aliphatic rings. The first-order chi connectivity index (χ1) is 8.39. The van der Waals surface area contributed by atoms with E-state index in [2.05, 4.69) is 0 Å². The zero-order valence-corrected chi connectivity index (χ0v) is 11.0. The summed E-state index contributed by atoms with van der Waals surface area (Å²) in [6, 6.07) is 11.6. The van der Waals surface area contributed by atoms with E-state index in [0.717, 1.165) is 11.4 Å². The Bertz CT molecular complexity index is 607. The summed E-state index contributed by atoms with van der Waals surface area (Å²) in [5.74, 6) is 0. The van der Waals surface area contributed by atoms with E-state index >= 15 is 0 Å². The normalized spacial score (nSPS) is 11.6. The Morgan fingerprint density at radius 2 is 1.78 bits per heavy atom. The van der Waals surface area contributed by atoms with Gasteiger partial charge in [0.25, 0.3) is 0 Å². The van der Waals surface area contributed by atoms with E-state index in [4.69, 9.17) is 5.73 Å². The van der Waals surface area contributed by atoms with Crippen LogP contribution in [-0.2, 0) is 5.54 Å². The minimum atomic E-state index is -0.638. The Hall–Kier alpha value is -1.87. The van der Waals surface area contributed by atoms with Crippen molar-refractivity contribution in [3.05, 3.63) is 64.1 Å². The fourth-order valence-corrected chi connectivity index (χ4v) is 1.98. The highest BCUT2D eigenvalue weighted by Gasteiger charge is 2.19. The van der Waals surface area contributed by atoms with Crippen molar-refractivity contribution in [2.24, 2.45) is 5.73 Å². The first kappa shape index (κ1) is 12.6. The zero-order valence-electron chi connectivity index (χ0n) is 11.0. The van der Waals surface area contributed by atoms with E-state index in [1.54, 1.807) is 6.07 Å². The van der Waals surface area contributed by atoms with Gasteiger partial charge in [0.15, 0.2) is 5.43 Å². The first-order valence-electron chi connectivity index (χ1n) is 5.97. The van der Waals surface area contributed by atoms with E-state index in [9.17, 15) is 4.79 Å². The van der Waals surface area contributed by atoms with Gasteiger partial charge in [0.1, 0.15) is 0 Å². The second-order valence-corrected chi connectivity index (χ2v) is 5.12. The van der Waals surface area contributed by atoms with Gasteiger partial charge in [-0.3, -0.25) is 4.79 Å². The maximum absolute atomic E-state index is 12.0. The third-order valence-corrected chi connectivity index (χ3v) is 2.97. The molecular formula is C15H18N2O.